The summed E-state index contributed by atoms with van der Waals surface area (Å²) in [5.41, 5.74) is 1.58. The highest BCUT2D eigenvalue weighted by Gasteiger charge is 2.29. The SMILES string of the molecule is Cc1ccc(S(=O)(=O)N(C[C@H](O)C[NH+]2CCCC2)c2ccccc2)cc1. The first-order valence-electron chi connectivity index (χ1n) is 9.13. The lowest BCUT2D eigenvalue weighted by Crippen LogP contribution is -3.11. The van der Waals surface area contributed by atoms with Crippen LogP contribution in [0.4, 0.5) is 5.69 Å². The third-order valence-corrected chi connectivity index (χ3v) is 6.67. The molecular formula is C20H27N2O3S+. The first-order chi connectivity index (χ1) is 12.5. The van der Waals surface area contributed by atoms with Crippen molar-refractivity contribution in [2.75, 3.05) is 30.5 Å². The van der Waals surface area contributed by atoms with Crippen LogP contribution in [0.15, 0.2) is 59.5 Å². The van der Waals surface area contributed by atoms with Crippen molar-refractivity contribution in [2.24, 2.45) is 0 Å². The van der Waals surface area contributed by atoms with Crippen LogP contribution in [0.25, 0.3) is 0 Å². The number of quaternary nitrogens is 1. The molecular weight excluding hydrogens is 348 g/mol. The molecule has 2 aromatic rings. The summed E-state index contributed by atoms with van der Waals surface area (Å²) >= 11 is 0. The number of aryl methyl sites for hydroxylation is 1. The molecule has 0 saturated carbocycles. The lowest BCUT2D eigenvalue weighted by molar-refractivity contribution is -0.890. The number of rotatable bonds is 7. The maximum Gasteiger partial charge on any atom is 0.264 e. The molecule has 0 unspecified atom stereocenters. The predicted molar refractivity (Wildman–Crippen MR) is 103 cm³/mol. The summed E-state index contributed by atoms with van der Waals surface area (Å²) in [4.78, 5) is 1.59. The number of sulfonamides is 1. The van der Waals surface area contributed by atoms with Gasteiger partial charge in [0.2, 0.25) is 0 Å². The van der Waals surface area contributed by atoms with Crippen molar-refractivity contribution >= 4 is 15.7 Å². The minimum atomic E-state index is -3.74. The van der Waals surface area contributed by atoms with Gasteiger partial charge in [-0.15, -0.1) is 0 Å². The van der Waals surface area contributed by atoms with Gasteiger partial charge >= 0.3 is 0 Å². The third kappa shape index (κ3) is 4.44. The molecule has 26 heavy (non-hydrogen) atoms. The number of para-hydroxylation sites is 1. The fraction of sp³-hybridized carbons (Fsp3) is 0.400. The Labute approximate surface area is 155 Å². The minimum Gasteiger partial charge on any atom is -0.385 e. The van der Waals surface area contributed by atoms with Gasteiger partial charge in [0.25, 0.3) is 10.0 Å². The number of aliphatic hydroxyl groups excluding tert-OH is 1. The second-order valence-electron chi connectivity index (χ2n) is 7.00. The Kier molecular flexibility index (Phi) is 5.96. The summed E-state index contributed by atoms with van der Waals surface area (Å²) in [6, 6.07) is 15.8. The minimum absolute atomic E-state index is 0.0592. The van der Waals surface area contributed by atoms with Crippen LogP contribution in [0.1, 0.15) is 18.4 Å². The van der Waals surface area contributed by atoms with E-state index in [1.165, 1.54) is 22.0 Å². The maximum absolute atomic E-state index is 13.2. The summed E-state index contributed by atoms with van der Waals surface area (Å²) in [6.45, 7) is 4.66. The summed E-state index contributed by atoms with van der Waals surface area (Å²) in [6.07, 6.45) is 1.64. The Bertz CT molecular complexity index is 801. The normalized spacial score (nSPS) is 16.5. The number of benzene rings is 2. The molecule has 140 valence electrons. The van der Waals surface area contributed by atoms with E-state index in [-0.39, 0.29) is 11.4 Å². The average molecular weight is 376 g/mol. The van der Waals surface area contributed by atoms with Crippen molar-refractivity contribution in [1.29, 1.82) is 0 Å². The second kappa shape index (κ2) is 8.20. The summed E-state index contributed by atoms with van der Waals surface area (Å²) < 4.78 is 27.8. The van der Waals surface area contributed by atoms with Crippen LogP contribution in [0.2, 0.25) is 0 Å². The molecule has 1 fully saturated rings. The molecule has 0 radical (unpaired) electrons. The largest absolute Gasteiger partial charge is 0.385 e. The van der Waals surface area contributed by atoms with E-state index in [1.807, 2.05) is 25.1 Å². The fourth-order valence-electron chi connectivity index (χ4n) is 3.44. The Morgan fingerprint density at radius 1 is 1.04 bits per heavy atom. The van der Waals surface area contributed by atoms with E-state index in [2.05, 4.69) is 0 Å². The zero-order chi connectivity index (χ0) is 18.6. The Morgan fingerprint density at radius 2 is 1.65 bits per heavy atom. The molecule has 0 aliphatic carbocycles. The number of hydrogen-bond donors (Lipinski definition) is 2. The van der Waals surface area contributed by atoms with E-state index in [0.29, 0.717) is 12.2 Å². The molecule has 0 amide bonds. The highest BCUT2D eigenvalue weighted by atomic mass is 32.2. The zero-order valence-electron chi connectivity index (χ0n) is 15.1. The molecule has 1 heterocycles. The van der Waals surface area contributed by atoms with Gasteiger partial charge in [0.15, 0.2) is 0 Å². The molecule has 1 saturated heterocycles. The summed E-state index contributed by atoms with van der Waals surface area (Å²) in [5.74, 6) is 0. The van der Waals surface area contributed by atoms with Gasteiger partial charge < -0.3 is 10.0 Å². The van der Waals surface area contributed by atoms with Gasteiger partial charge in [-0.1, -0.05) is 35.9 Å². The molecule has 1 atom stereocenters. The standard InChI is InChI=1S/C20H26N2O3S/c1-17-9-11-20(12-10-17)26(24,25)22(18-7-3-2-4-8-18)16-19(23)15-21-13-5-6-14-21/h2-4,7-12,19,23H,5-6,13-16H2,1H3/p+1/t19-/m1/s1. The topological polar surface area (TPSA) is 62.0 Å². The summed E-state index contributed by atoms with van der Waals surface area (Å²) in [5, 5.41) is 10.6. The van der Waals surface area contributed by atoms with Gasteiger partial charge in [-0.3, -0.25) is 4.31 Å². The third-order valence-electron chi connectivity index (χ3n) is 4.86. The van der Waals surface area contributed by atoms with Crippen molar-refractivity contribution < 1.29 is 18.4 Å². The van der Waals surface area contributed by atoms with E-state index in [9.17, 15) is 13.5 Å². The Morgan fingerprint density at radius 3 is 2.27 bits per heavy atom. The van der Waals surface area contributed by atoms with Gasteiger partial charge in [0.05, 0.1) is 30.2 Å². The van der Waals surface area contributed by atoms with Crippen LogP contribution in [-0.2, 0) is 10.0 Å². The first kappa shape index (κ1) is 18.9. The van der Waals surface area contributed by atoms with Gasteiger partial charge in [0, 0.05) is 12.8 Å². The zero-order valence-corrected chi connectivity index (χ0v) is 16.0. The van der Waals surface area contributed by atoms with Crippen molar-refractivity contribution in [2.45, 2.75) is 30.8 Å². The average Bonchev–Trinajstić information content (AvgIpc) is 3.13. The monoisotopic (exact) mass is 375 g/mol. The van der Waals surface area contributed by atoms with Crippen molar-refractivity contribution in [3.05, 3.63) is 60.2 Å². The molecule has 0 bridgehead atoms. The maximum atomic E-state index is 13.2. The van der Waals surface area contributed by atoms with Gasteiger partial charge in [-0.05, 0) is 31.2 Å². The fourth-order valence-corrected chi connectivity index (χ4v) is 4.94. The lowest BCUT2D eigenvalue weighted by atomic mass is 10.2. The Hall–Kier alpha value is -1.89. The lowest BCUT2D eigenvalue weighted by Gasteiger charge is -2.27. The highest BCUT2D eigenvalue weighted by molar-refractivity contribution is 7.92. The molecule has 2 aromatic carbocycles. The van der Waals surface area contributed by atoms with E-state index in [0.717, 1.165) is 18.7 Å². The molecule has 3 rings (SSSR count). The van der Waals surface area contributed by atoms with Crippen LogP contribution >= 0.6 is 0 Å². The van der Waals surface area contributed by atoms with Crippen molar-refractivity contribution in [3.8, 4) is 0 Å². The first-order valence-corrected chi connectivity index (χ1v) is 10.6. The van der Waals surface area contributed by atoms with Gasteiger partial charge in [-0.25, -0.2) is 8.42 Å². The number of nitrogens with zero attached hydrogens (tertiary/aromatic N) is 1. The second-order valence-corrected chi connectivity index (χ2v) is 8.86. The van der Waals surface area contributed by atoms with Crippen LogP contribution in [0.5, 0.6) is 0 Å². The number of nitrogens with one attached hydrogen (secondary N) is 1. The van der Waals surface area contributed by atoms with Crippen LogP contribution < -0.4 is 9.21 Å². The molecule has 6 heteroatoms. The molecule has 5 nitrogen and oxygen atoms in total. The van der Waals surface area contributed by atoms with E-state index in [1.54, 1.807) is 36.4 Å². The number of hydrogen-bond acceptors (Lipinski definition) is 3. The summed E-state index contributed by atoms with van der Waals surface area (Å²) in [7, 11) is -3.74. The number of likely N-dealkylation sites (tertiary alicyclic amines) is 1. The van der Waals surface area contributed by atoms with Crippen LogP contribution in [0, 0.1) is 6.92 Å². The van der Waals surface area contributed by atoms with E-state index < -0.39 is 16.1 Å². The molecule has 1 aliphatic heterocycles. The molecule has 0 aromatic heterocycles. The molecule has 2 N–H and O–H groups in total. The number of aliphatic hydroxyl groups is 1. The van der Waals surface area contributed by atoms with Crippen LogP contribution in [-0.4, -0.2) is 45.8 Å². The smallest absolute Gasteiger partial charge is 0.264 e. The predicted octanol–water partition coefficient (Wildman–Crippen LogP) is 1.23. The van der Waals surface area contributed by atoms with Gasteiger partial charge in [0.1, 0.15) is 12.6 Å². The molecule has 0 spiro atoms. The van der Waals surface area contributed by atoms with E-state index in [4.69, 9.17) is 0 Å². The van der Waals surface area contributed by atoms with Crippen LogP contribution in [0.3, 0.4) is 0 Å². The number of anilines is 1. The molecule has 1 aliphatic rings. The van der Waals surface area contributed by atoms with E-state index >= 15 is 0 Å². The van der Waals surface area contributed by atoms with Crippen molar-refractivity contribution in [3.63, 3.8) is 0 Å². The van der Waals surface area contributed by atoms with Crippen molar-refractivity contribution in [1.82, 2.24) is 0 Å². The highest BCUT2D eigenvalue weighted by Crippen LogP contribution is 2.24. The Balaban J connectivity index is 1.86. The quantitative estimate of drug-likeness (QED) is 0.765. The van der Waals surface area contributed by atoms with Gasteiger partial charge in [-0.2, -0.15) is 0 Å².